The number of pyridine rings is 1. The van der Waals surface area contributed by atoms with Crippen LogP contribution in [0.1, 0.15) is 5.56 Å². The zero-order valence-corrected chi connectivity index (χ0v) is 11.4. The van der Waals surface area contributed by atoms with Gasteiger partial charge in [-0.1, -0.05) is 35.0 Å². The fourth-order valence-electron chi connectivity index (χ4n) is 1.28. The normalized spacial score (nSPS) is 10.5. The van der Waals surface area contributed by atoms with Crippen LogP contribution in [-0.2, 0) is 0 Å². The quantitative estimate of drug-likeness (QED) is 0.887. The largest absolute Gasteiger partial charge is 0.396 e. The highest BCUT2D eigenvalue weighted by molar-refractivity contribution is 7.99. The molecule has 0 unspecified atom stereocenters. The van der Waals surface area contributed by atoms with E-state index in [-0.39, 0.29) is 0 Å². The summed E-state index contributed by atoms with van der Waals surface area (Å²) in [4.78, 5) is 5.21. The van der Waals surface area contributed by atoms with Crippen LogP contribution in [0.2, 0.25) is 10.0 Å². The standard InChI is InChI=1S/C12H10Cl2N2S/c1-7-4-5-16-12(11(7)15)17-8-2-3-9(13)10(14)6-8/h2-6H,15H2,1H3. The molecule has 0 bridgehead atoms. The first-order chi connectivity index (χ1) is 8.08. The minimum Gasteiger partial charge on any atom is -0.396 e. The maximum Gasteiger partial charge on any atom is 0.124 e. The summed E-state index contributed by atoms with van der Waals surface area (Å²) in [5.74, 6) is 0. The van der Waals surface area contributed by atoms with Crippen molar-refractivity contribution in [2.24, 2.45) is 0 Å². The van der Waals surface area contributed by atoms with Crippen LogP contribution in [0.15, 0.2) is 40.4 Å². The third-order valence-corrected chi connectivity index (χ3v) is 4.02. The van der Waals surface area contributed by atoms with Crippen LogP contribution in [0, 0.1) is 6.92 Å². The van der Waals surface area contributed by atoms with Crippen LogP contribution < -0.4 is 5.73 Å². The van der Waals surface area contributed by atoms with Gasteiger partial charge < -0.3 is 5.73 Å². The van der Waals surface area contributed by atoms with Gasteiger partial charge in [0, 0.05) is 11.1 Å². The molecule has 0 fully saturated rings. The molecule has 1 aromatic carbocycles. The molecule has 2 aromatic rings. The Morgan fingerprint density at radius 1 is 1.18 bits per heavy atom. The highest BCUT2D eigenvalue weighted by Gasteiger charge is 2.07. The van der Waals surface area contributed by atoms with Gasteiger partial charge >= 0.3 is 0 Å². The predicted octanol–water partition coefficient (Wildman–Crippen LogP) is 4.43. The van der Waals surface area contributed by atoms with Crippen molar-refractivity contribution in [2.75, 3.05) is 5.73 Å². The molecule has 0 saturated heterocycles. The molecular formula is C12H10Cl2N2S. The smallest absolute Gasteiger partial charge is 0.124 e. The molecule has 0 aliphatic rings. The van der Waals surface area contributed by atoms with E-state index in [0.29, 0.717) is 15.7 Å². The van der Waals surface area contributed by atoms with E-state index in [1.54, 1.807) is 18.3 Å². The third kappa shape index (κ3) is 2.86. The summed E-state index contributed by atoms with van der Waals surface area (Å²) in [5.41, 5.74) is 7.67. The molecule has 2 N–H and O–H groups in total. The minimum atomic E-state index is 0.530. The second-order valence-corrected chi connectivity index (χ2v) is 5.40. The van der Waals surface area contributed by atoms with Gasteiger partial charge in [-0.15, -0.1) is 0 Å². The van der Waals surface area contributed by atoms with Crippen molar-refractivity contribution in [3.63, 3.8) is 0 Å². The molecule has 0 radical (unpaired) electrons. The molecule has 88 valence electrons. The topological polar surface area (TPSA) is 38.9 Å². The van der Waals surface area contributed by atoms with Gasteiger partial charge in [-0.3, -0.25) is 0 Å². The number of benzene rings is 1. The highest BCUT2D eigenvalue weighted by Crippen LogP contribution is 2.34. The van der Waals surface area contributed by atoms with Crippen molar-refractivity contribution in [1.82, 2.24) is 4.98 Å². The molecule has 0 atom stereocenters. The number of hydrogen-bond acceptors (Lipinski definition) is 3. The van der Waals surface area contributed by atoms with Crippen molar-refractivity contribution in [3.8, 4) is 0 Å². The number of halogens is 2. The van der Waals surface area contributed by atoms with Crippen LogP contribution >= 0.6 is 35.0 Å². The van der Waals surface area contributed by atoms with E-state index in [0.717, 1.165) is 15.5 Å². The number of aryl methyl sites for hydroxylation is 1. The van der Waals surface area contributed by atoms with E-state index in [9.17, 15) is 0 Å². The zero-order valence-electron chi connectivity index (χ0n) is 9.08. The molecule has 1 heterocycles. The molecular weight excluding hydrogens is 275 g/mol. The third-order valence-electron chi connectivity index (χ3n) is 2.28. The zero-order chi connectivity index (χ0) is 12.4. The molecule has 0 aliphatic heterocycles. The highest BCUT2D eigenvalue weighted by atomic mass is 35.5. The molecule has 1 aromatic heterocycles. The van der Waals surface area contributed by atoms with Gasteiger partial charge in [-0.2, -0.15) is 0 Å². The Morgan fingerprint density at radius 2 is 1.94 bits per heavy atom. The van der Waals surface area contributed by atoms with Crippen molar-refractivity contribution in [2.45, 2.75) is 16.8 Å². The van der Waals surface area contributed by atoms with Crippen LogP contribution in [0.3, 0.4) is 0 Å². The summed E-state index contributed by atoms with van der Waals surface area (Å²) in [6, 6.07) is 7.34. The molecule has 0 spiro atoms. The number of rotatable bonds is 2. The maximum atomic E-state index is 5.96. The van der Waals surface area contributed by atoms with Crippen molar-refractivity contribution in [1.29, 1.82) is 0 Å². The van der Waals surface area contributed by atoms with Gasteiger partial charge in [-0.05, 0) is 36.8 Å². The molecule has 17 heavy (non-hydrogen) atoms. The summed E-state index contributed by atoms with van der Waals surface area (Å²) >= 11 is 13.3. The first kappa shape index (κ1) is 12.6. The Bertz CT molecular complexity index is 558. The Morgan fingerprint density at radius 3 is 2.65 bits per heavy atom. The minimum absolute atomic E-state index is 0.530. The Balaban J connectivity index is 2.31. The molecule has 0 amide bonds. The van der Waals surface area contributed by atoms with E-state index in [4.69, 9.17) is 28.9 Å². The van der Waals surface area contributed by atoms with Gasteiger partial charge in [0.25, 0.3) is 0 Å². The first-order valence-electron chi connectivity index (χ1n) is 4.92. The molecule has 0 aliphatic carbocycles. The summed E-state index contributed by atoms with van der Waals surface area (Å²) < 4.78 is 0. The first-order valence-corrected chi connectivity index (χ1v) is 6.49. The summed E-state index contributed by atoms with van der Waals surface area (Å²) in [7, 11) is 0. The Kier molecular flexibility index (Phi) is 3.82. The van der Waals surface area contributed by atoms with Gasteiger partial charge in [-0.25, -0.2) is 4.98 Å². The van der Waals surface area contributed by atoms with E-state index >= 15 is 0 Å². The second kappa shape index (κ2) is 5.17. The van der Waals surface area contributed by atoms with E-state index < -0.39 is 0 Å². The van der Waals surface area contributed by atoms with Crippen LogP contribution in [0.4, 0.5) is 5.69 Å². The average molecular weight is 285 g/mol. The van der Waals surface area contributed by atoms with Crippen molar-refractivity contribution < 1.29 is 0 Å². The lowest BCUT2D eigenvalue weighted by Gasteiger charge is -2.07. The van der Waals surface area contributed by atoms with E-state index in [2.05, 4.69) is 4.98 Å². The van der Waals surface area contributed by atoms with Gasteiger partial charge in [0.2, 0.25) is 0 Å². The number of hydrogen-bond donors (Lipinski definition) is 1. The van der Waals surface area contributed by atoms with Crippen LogP contribution in [0.5, 0.6) is 0 Å². The summed E-state index contributed by atoms with van der Waals surface area (Å²) in [6.07, 6.45) is 1.74. The predicted molar refractivity (Wildman–Crippen MR) is 74.0 cm³/mol. The van der Waals surface area contributed by atoms with Gasteiger partial charge in [0.1, 0.15) is 5.03 Å². The second-order valence-electron chi connectivity index (χ2n) is 3.52. The van der Waals surface area contributed by atoms with Crippen LogP contribution in [-0.4, -0.2) is 4.98 Å². The van der Waals surface area contributed by atoms with Crippen molar-refractivity contribution >= 4 is 40.7 Å². The fourth-order valence-corrected chi connectivity index (χ4v) is 2.56. The van der Waals surface area contributed by atoms with E-state index in [1.165, 1.54) is 11.8 Å². The molecule has 2 rings (SSSR count). The fraction of sp³-hybridized carbons (Fsp3) is 0.0833. The van der Waals surface area contributed by atoms with Crippen molar-refractivity contribution in [3.05, 3.63) is 46.1 Å². The Hall–Kier alpha value is -0.900. The lowest BCUT2D eigenvalue weighted by Crippen LogP contribution is -1.94. The molecule has 2 nitrogen and oxygen atoms in total. The maximum absolute atomic E-state index is 5.96. The van der Waals surface area contributed by atoms with E-state index in [1.807, 2.05) is 19.1 Å². The number of anilines is 1. The lowest BCUT2D eigenvalue weighted by atomic mass is 10.3. The molecule has 0 saturated carbocycles. The number of nitrogens with two attached hydrogens (primary N) is 1. The number of nitrogens with zero attached hydrogens (tertiary/aromatic N) is 1. The van der Waals surface area contributed by atoms with Gasteiger partial charge in [0.15, 0.2) is 0 Å². The summed E-state index contributed by atoms with van der Waals surface area (Å²) in [5, 5.41) is 1.85. The molecule has 5 heteroatoms. The van der Waals surface area contributed by atoms with Gasteiger partial charge in [0.05, 0.1) is 15.7 Å². The Labute approximate surface area is 114 Å². The average Bonchev–Trinajstić information content (AvgIpc) is 2.30. The van der Waals surface area contributed by atoms with Crippen LogP contribution in [0.25, 0.3) is 0 Å². The number of nitrogen functional groups attached to an aromatic ring is 1. The lowest BCUT2D eigenvalue weighted by molar-refractivity contribution is 1.12. The number of aromatic nitrogens is 1. The summed E-state index contributed by atoms with van der Waals surface area (Å²) in [6.45, 7) is 1.95. The monoisotopic (exact) mass is 284 g/mol. The SMILES string of the molecule is Cc1ccnc(Sc2ccc(Cl)c(Cl)c2)c1N.